The third-order valence-corrected chi connectivity index (χ3v) is 2.85. The first kappa shape index (κ1) is 19.7. The normalized spacial score (nSPS) is 13.3. The summed E-state index contributed by atoms with van der Waals surface area (Å²) in [4.78, 5) is 12.0. The van der Waals surface area contributed by atoms with E-state index in [1.54, 1.807) is 13.0 Å². The molecule has 1 amide bonds. The maximum atomic E-state index is 13.9. The van der Waals surface area contributed by atoms with Gasteiger partial charge in [-0.05, 0) is 39.3 Å². The first-order valence-corrected chi connectivity index (χ1v) is 6.83. The average Bonchev–Trinajstić information content (AvgIpc) is 2.31. The van der Waals surface area contributed by atoms with Crippen LogP contribution in [0.5, 0.6) is 5.75 Å². The summed E-state index contributed by atoms with van der Waals surface area (Å²) in [7, 11) is 0. The third-order valence-electron chi connectivity index (χ3n) is 2.85. The van der Waals surface area contributed by atoms with Crippen molar-refractivity contribution in [1.82, 2.24) is 0 Å². The Morgan fingerprint density at radius 2 is 2.10 bits per heavy atom. The van der Waals surface area contributed by atoms with Gasteiger partial charge in [-0.15, -0.1) is 12.4 Å². The second-order valence-electron chi connectivity index (χ2n) is 5.43. The standard InChI is InChI=1S/C15H23FN2O2.ClH/c1-5-8-15(4,17)14(19)18-13-7-6-11(9-12(13)16)20-10(2)3;/h6-7,9-10H,5,8,17H2,1-4H3,(H,18,19);1H. The Bertz CT molecular complexity index is 479. The van der Waals surface area contributed by atoms with Gasteiger partial charge in [0.2, 0.25) is 5.91 Å². The van der Waals surface area contributed by atoms with Crippen LogP contribution in [0, 0.1) is 5.82 Å². The zero-order valence-corrected chi connectivity index (χ0v) is 13.7. The summed E-state index contributed by atoms with van der Waals surface area (Å²) in [5, 5.41) is 2.52. The monoisotopic (exact) mass is 318 g/mol. The van der Waals surface area contributed by atoms with Crippen LogP contribution in [-0.2, 0) is 4.79 Å². The quantitative estimate of drug-likeness (QED) is 0.844. The van der Waals surface area contributed by atoms with E-state index in [9.17, 15) is 9.18 Å². The first-order chi connectivity index (χ1) is 9.26. The molecule has 0 aliphatic rings. The fourth-order valence-corrected chi connectivity index (χ4v) is 1.84. The van der Waals surface area contributed by atoms with Gasteiger partial charge < -0.3 is 15.8 Å². The minimum atomic E-state index is -1.01. The number of hydrogen-bond acceptors (Lipinski definition) is 3. The van der Waals surface area contributed by atoms with Gasteiger partial charge in [0, 0.05) is 6.07 Å². The number of nitrogens with one attached hydrogen (secondary N) is 1. The molecule has 3 N–H and O–H groups in total. The van der Waals surface area contributed by atoms with Gasteiger partial charge in [-0.25, -0.2) is 4.39 Å². The van der Waals surface area contributed by atoms with Gasteiger partial charge in [0.15, 0.2) is 0 Å². The summed E-state index contributed by atoms with van der Waals surface area (Å²) < 4.78 is 19.3. The molecule has 0 saturated carbocycles. The number of benzene rings is 1. The van der Waals surface area contributed by atoms with Crippen LogP contribution < -0.4 is 15.8 Å². The van der Waals surface area contributed by atoms with Crippen molar-refractivity contribution < 1.29 is 13.9 Å². The van der Waals surface area contributed by atoms with E-state index in [4.69, 9.17) is 10.5 Å². The van der Waals surface area contributed by atoms with Crippen LogP contribution in [-0.4, -0.2) is 17.6 Å². The molecule has 1 unspecified atom stereocenters. The molecule has 1 rings (SSSR count). The van der Waals surface area contributed by atoms with Crippen molar-refractivity contribution in [3.63, 3.8) is 0 Å². The molecule has 0 radical (unpaired) electrons. The predicted molar refractivity (Wildman–Crippen MR) is 85.5 cm³/mol. The van der Waals surface area contributed by atoms with Crippen LogP contribution in [0.25, 0.3) is 0 Å². The van der Waals surface area contributed by atoms with Crippen molar-refractivity contribution in [2.75, 3.05) is 5.32 Å². The molecule has 0 aliphatic carbocycles. The third kappa shape index (κ3) is 5.89. The molecule has 1 aromatic rings. The predicted octanol–water partition coefficient (Wildman–Crippen LogP) is 3.49. The maximum absolute atomic E-state index is 13.9. The Hall–Kier alpha value is -1.33. The van der Waals surface area contributed by atoms with Crippen LogP contribution in [0.4, 0.5) is 10.1 Å². The molecule has 0 aliphatic heterocycles. The number of amides is 1. The minimum Gasteiger partial charge on any atom is -0.491 e. The highest BCUT2D eigenvalue weighted by Gasteiger charge is 2.27. The molecule has 6 heteroatoms. The maximum Gasteiger partial charge on any atom is 0.244 e. The summed E-state index contributed by atoms with van der Waals surface area (Å²) >= 11 is 0. The molecule has 0 aromatic heterocycles. The van der Waals surface area contributed by atoms with E-state index >= 15 is 0 Å². The summed E-state index contributed by atoms with van der Waals surface area (Å²) in [6.07, 6.45) is 1.28. The molecule has 0 spiro atoms. The zero-order chi connectivity index (χ0) is 15.3. The molecule has 0 saturated heterocycles. The average molecular weight is 319 g/mol. The second kappa shape index (κ2) is 8.20. The Balaban J connectivity index is 0.00000400. The molecule has 0 heterocycles. The highest BCUT2D eigenvalue weighted by molar-refractivity contribution is 5.97. The molecular formula is C15H24ClFN2O2. The summed E-state index contributed by atoms with van der Waals surface area (Å²) in [5.41, 5.74) is 5.01. The van der Waals surface area contributed by atoms with E-state index in [2.05, 4.69) is 5.32 Å². The fraction of sp³-hybridized carbons (Fsp3) is 0.533. The van der Waals surface area contributed by atoms with E-state index < -0.39 is 17.3 Å². The van der Waals surface area contributed by atoms with E-state index in [0.29, 0.717) is 12.2 Å². The van der Waals surface area contributed by atoms with Gasteiger partial charge >= 0.3 is 0 Å². The Morgan fingerprint density at radius 1 is 1.48 bits per heavy atom. The lowest BCUT2D eigenvalue weighted by molar-refractivity contribution is -0.120. The minimum absolute atomic E-state index is 0. The number of carbonyl (C=O) groups is 1. The van der Waals surface area contributed by atoms with E-state index in [1.165, 1.54) is 12.1 Å². The summed E-state index contributed by atoms with van der Waals surface area (Å²) in [6, 6.07) is 4.35. The highest BCUT2D eigenvalue weighted by Crippen LogP contribution is 2.22. The summed E-state index contributed by atoms with van der Waals surface area (Å²) in [5.74, 6) is -0.501. The molecule has 21 heavy (non-hydrogen) atoms. The molecule has 1 atom stereocenters. The SMILES string of the molecule is CCCC(C)(N)C(=O)Nc1ccc(OC(C)C)cc1F.Cl. The summed E-state index contributed by atoms with van der Waals surface area (Å²) in [6.45, 7) is 7.30. The van der Waals surface area contributed by atoms with Gasteiger partial charge in [-0.3, -0.25) is 4.79 Å². The zero-order valence-electron chi connectivity index (χ0n) is 12.9. The second-order valence-corrected chi connectivity index (χ2v) is 5.43. The van der Waals surface area contributed by atoms with E-state index in [1.807, 2.05) is 20.8 Å². The van der Waals surface area contributed by atoms with Crippen LogP contribution in [0.15, 0.2) is 18.2 Å². The number of ether oxygens (including phenoxy) is 1. The van der Waals surface area contributed by atoms with Gasteiger partial charge in [0.25, 0.3) is 0 Å². The van der Waals surface area contributed by atoms with Crippen LogP contribution >= 0.6 is 12.4 Å². The van der Waals surface area contributed by atoms with Crippen LogP contribution in [0.2, 0.25) is 0 Å². The largest absolute Gasteiger partial charge is 0.491 e. The van der Waals surface area contributed by atoms with Crippen molar-refractivity contribution in [3.8, 4) is 5.75 Å². The molecule has 0 bridgehead atoms. The molecule has 4 nitrogen and oxygen atoms in total. The van der Waals surface area contributed by atoms with Crippen molar-refractivity contribution >= 4 is 24.0 Å². The van der Waals surface area contributed by atoms with Crippen molar-refractivity contribution in [2.45, 2.75) is 52.2 Å². The Morgan fingerprint density at radius 3 is 2.57 bits per heavy atom. The number of carbonyl (C=O) groups excluding carboxylic acids is 1. The fourth-order valence-electron chi connectivity index (χ4n) is 1.84. The number of nitrogens with two attached hydrogens (primary N) is 1. The lowest BCUT2D eigenvalue weighted by atomic mass is 9.96. The topological polar surface area (TPSA) is 64.4 Å². The molecular weight excluding hydrogens is 295 g/mol. The Labute approximate surface area is 131 Å². The van der Waals surface area contributed by atoms with Crippen LogP contribution in [0.1, 0.15) is 40.5 Å². The van der Waals surface area contributed by atoms with Gasteiger partial charge in [-0.1, -0.05) is 13.3 Å². The van der Waals surface area contributed by atoms with Gasteiger partial charge in [0.05, 0.1) is 17.3 Å². The smallest absolute Gasteiger partial charge is 0.244 e. The van der Waals surface area contributed by atoms with E-state index in [-0.39, 0.29) is 24.2 Å². The Kier molecular flexibility index (Phi) is 7.68. The van der Waals surface area contributed by atoms with Crippen molar-refractivity contribution in [1.29, 1.82) is 0 Å². The molecule has 0 fully saturated rings. The van der Waals surface area contributed by atoms with Gasteiger partial charge in [0.1, 0.15) is 11.6 Å². The molecule has 120 valence electrons. The first-order valence-electron chi connectivity index (χ1n) is 6.83. The van der Waals surface area contributed by atoms with Crippen molar-refractivity contribution in [3.05, 3.63) is 24.0 Å². The van der Waals surface area contributed by atoms with Gasteiger partial charge in [-0.2, -0.15) is 0 Å². The van der Waals surface area contributed by atoms with Crippen LogP contribution in [0.3, 0.4) is 0 Å². The molecule has 1 aromatic carbocycles. The van der Waals surface area contributed by atoms with E-state index in [0.717, 1.165) is 6.42 Å². The van der Waals surface area contributed by atoms with Crippen molar-refractivity contribution in [2.24, 2.45) is 5.73 Å². The lowest BCUT2D eigenvalue weighted by Gasteiger charge is -2.23. The number of anilines is 1. The lowest BCUT2D eigenvalue weighted by Crippen LogP contribution is -2.48. The number of halogens is 2. The number of rotatable bonds is 6. The highest BCUT2D eigenvalue weighted by atomic mass is 35.5. The number of hydrogen-bond donors (Lipinski definition) is 2.